The van der Waals surface area contributed by atoms with Crippen LogP contribution in [0.3, 0.4) is 0 Å². The smallest absolute Gasteiger partial charge is 0.314 e. The quantitative estimate of drug-likeness (QED) is 0.698. The summed E-state index contributed by atoms with van der Waals surface area (Å²) in [5.74, 6) is 0. The predicted octanol–water partition coefficient (Wildman–Crippen LogP) is 3.96. The molecule has 2 aliphatic rings. The molecule has 2 aromatic carbocycles. The third-order valence-corrected chi connectivity index (χ3v) is 6.44. The second kappa shape index (κ2) is 10.6. The van der Waals surface area contributed by atoms with Crippen LogP contribution in [0.2, 0.25) is 0 Å². The Bertz CT molecular complexity index is 705. The number of carbonyl (C=O) groups excluding carboxylic acids is 1. The number of hydrogen-bond acceptors (Lipinski definition) is 3. The molecular formula is C25H34N4O. The molecule has 0 aliphatic carbocycles. The lowest BCUT2D eigenvalue weighted by molar-refractivity contribution is 0.210. The Morgan fingerprint density at radius 1 is 0.667 bits per heavy atom. The summed E-state index contributed by atoms with van der Waals surface area (Å²) >= 11 is 0. The highest BCUT2D eigenvalue weighted by molar-refractivity contribution is 5.74. The molecule has 2 saturated heterocycles. The van der Waals surface area contributed by atoms with Crippen molar-refractivity contribution < 1.29 is 4.79 Å². The van der Waals surface area contributed by atoms with E-state index in [0.717, 1.165) is 26.2 Å². The molecule has 4 rings (SSSR count). The van der Waals surface area contributed by atoms with Crippen LogP contribution in [0.15, 0.2) is 60.7 Å². The average Bonchev–Trinajstić information content (AvgIpc) is 3.51. The van der Waals surface area contributed by atoms with Gasteiger partial charge in [-0.05, 0) is 63.0 Å². The third-order valence-electron chi connectivity index (χ3n) is 6.44. The van der Waals surface area contributed by atoms with Crippen LogP contribution in [0.1, 0.15) is 48.9 Å². The van der Waals surface area contributed by atoms with E-state index >= 15 is 0 Å². The fraction of sp³-hybridized carbons (Fsp3) is 0.480. The maximum Gasteiger partial charge on any atom is 0.314 e. The SMILES string of the molecule is O=C(NC[C@@H](c1ccccc1)N1CCCC1)NC[C@@H](c1ccccc1)N1CCCC1. The van der Waals surface area contributed by atoms with Crippen molar-refractivity contribution in [3.05, 3.63) is 71.8 Å². The van der Waals surface area contributed by atoms with Gasteiger partial charge in [0.25, 0.3) is 0 Å². The number of benzene rings is 2. The maximum absolute atomic E-state index is 12.7. The Balaban J connectivity index is 1.34. The topological polar surface area (TPSA) is 47.6 Å². The molecule has 160 valence electrons. The Morgan fingerprint density at radius 3 is 1.40 bits per heavy atom. The van der Waals surface area contributed by atoms with Gasteiger partial charge in [-0.15, -0.1) is 0 Å². The number of rotatable bonds is 8. The van der Waals surface area contributed by atoms with Crippen LogP contribution in [0.5, 0.6) is 0 Å². The van der Waals surface area contributed by atoms with E-state index in [0.29, 0.717) is 13.1 Å². The van der Waals surface area contributed by atoms with E-state index in [2.05, 4.69) is 69.0 Å². The van der Waals surface area contributed by atoms with E-state index in [1.54, 1.807) is 0 Å². The highest BCUT2D eigenvalue weighted by Crippen LogP contribution is 2.25. The van der Waals surface area contributed by atoms with Gasteiger partial charge in [0.05, 0.1) is 12.1 Å². The summed E-state index contributed by atoms with van der Waals surface area (Å²) < 4.78 is 0. The summed E-state index contributed by atoms with van der Waals surface area (Å²) in [6, 6.07) is 21.5. The van der Waals surface area contributed by atoms with Gasteiger partial charge in [-0.1, -0.05) is 60.7 Å². The van der Waals surface area contributed by atoms with Gasteiger partial charge in [-0.2, -0.15) is 0 Å². The first-order valence-electron chi connectivity index (χ1n) is 11.4. The Hall–Kier alpha value is -2.37. The Kier molecular flexibility index (Phi) is 7.38. The highest BCUT2D eigenvalue weighted by atomic mass is 16.2. The molecule has 2 N–H and O–H groups in total. The molecule has 2 aliphatic heterocycles. The maximum atomic E-state index is 12.7. The van der Waals surface area contributed by atoms with Crippen LogP contribution < -0.4 is 10.6 Å². The van der Waals surface area contributed by atoms with Crippen molar-refractivity contribution >= 4 is 6.03 Å². The van der Waals surface area contributed by atoms with E-state index in [1.807, 2.05) is 12.1 Å². The van der Waals surface area contributed by atoms with Crippen LogP contribution in [0.4, 0.5) is 4.79 Å². The number of nitrogens with one attached hydrogen (secondary N) is 2. The van der Waals surface area contributed by atoms with E-state index in [4.69, 9.17) is 0 Å². The fourth-order valence-corrected chi connectivity index (χ4v) is 4.81. The molecule has 2 heterocycles. The van der Waals surface area contributed by atoms with Crippen molar-refractivity contribution in [3.8, 4) is 0 Å². The van der Waals surface area contributed by atoms with Gasteiger partial charge in [0.1, 0.15) is 0 Å². The summed E-state index contributed by atoms with van der Waals surface area (Å²) in [5, 5.41) is 6.29. The number of hydrogen-bond donors (Lipinski definition) is 2. The van der Waals surface area contributed by atoms with E-state index in [-0.39, 0.29) is 18.1 Å². The first-order chi connectivity index (χ1) is 14.8. The van der Waals surface area contributed by atoms with Crippen LogP contribution in [0, 0.1) is 0 Å². The first kappa shape index (κ1) is 20.9. The van der Waals surface area contributed by atoms with Crippen LogP contribution in [-0.4, -0.2) is 55.1 Å². The average molecular weight is 407 g/mol. The second-order valence-electron chi connectivity index (χ2n) is 8.43. The summed E-state index contributed by atoms with van der Waals surface area (Å²) in [5.41, 5.74) is 2.55. The van der Waals surface area contributed by atoms with Gasteiger partial charge in [0.2, 0.25) is 0 Å². The molecule has 5 nitrogen and oxygen atoms in total. The van der Waals surface area contributed by atoms with E-state index in [9.17, 15) is 4.79 Å². The van der Waals surface area contributed by atoms with Gasteiger partial charge in [-0.3, -0.25) is 9.80 Å². The lowest BCUT2D eigenvalue weighted by Gasteiger charge is -2.30. The first-order valence-corrected chi connectivity index (χ1v) is 11.4. The molecule has 2 atom stereocenters. The molecule has 0 saturated carbocycles. The summed E-state index contributed by atoms with van der Waals surface area (Å²) in [7, 11) is 0. The zero-order chi connectivity index (χ0) is 20.6. The number of urea groups is 1. The zero-order valence-electron chi connectivity index (χ0n) is 17.8. The number of nitrogens with zero attached hydrogens (tertiary/aromatic N) is 2. The summed E-state index contributed by atoms with van der Waals surface area (Å²) in [6.45, 7) is 5.69. The number of likely N-dealkylation sites (tertiary alicyclic amines) is 2. The molecule has 5 heteroatoms. The standard InChI is InChI=1S/C25H34N4O/c30-25(26-19-23(28-15-7-8-16-28)21-11-3-1-4-12-21)27-20-24(29-17-9-10-18-29)22-13-5-2-6-14-22/h1-6,11-14,23-24H,7-10,15-20H2,(H2,26,27,30)/t23-,24-/m0/s1. The van der Waals surface area contributed by atoms with Crippen molar-refractivity contribution in [2.24, 2.45) is 0 Å². The van der Waals surface area contributed by atoms with Crippen molar-refractivity contribution in [1.82, 2.24) is 20.4 Å². The molecule has 2 aromatic rings. The zero-order valence-corrected chi connectivity index (χ0v) is 17.8. The van der Waals surface area contributed by atoms with Crippen molar-refractivity contribution in [2.75, 3.05) is 39.3 Å². The summed E-state index contributed by atoms with van der Waals surface area (Å²) in [6.07, 6.45) is 4.96. The van der Waals surface area contributed by atoms with Gasteiger partial charge in [0, 0.05) is 13.1 Å². The third kappa shape index (κ3) is 5.41. The minimum absolute atomic E-state index is 0.0738. The van der Waals surface area contributed by atoms with Crippen LogP contribution >= 0.6 is 0 Å². The monoisotopic (exact) mass is 406 g/mol. The van der Waals surface area contributed by atoms with Crippen LogP contribution in [0.25, 0.3) is 0 Å². The van der Waals surface area contributed by atoms with Crippen molar-refractivity contribution in [1.29, 1.82) is 0 Å². The predicted molar refractivity (Wildman–Crippen MR) is 121 cm³/mol. The van der Waals surface area contributed by atoms with E-state index in [1.165, 1.54) is 36.8 Å². The van der Waals surface area contributed by atoms with Gasteiger partial charge in [0.15, 0.2) is 0 Å². The minimum atomic E-state index is -0.0738. The normalized spacial score (nSPS) is 19.5. The molecule has 2 fully saturated rings. The molecule has 0 spiro atoms. The fourth-order valence-electron chi connectivity index (χ4n) is 4.81. The summed E-state index contributed by atoms with van der Waals surface area (Å²) in [4.78, 5) is 17.7. The molecule has 30 heavy (non-hydrogen) atoms. The number of carbonyl (C=O) groups is 1. The largest absolute Gasteiger partial charge is 0.336 e. The van der Waals surface area contributed by atoms with E-state index < -0.39 is 0 Å². The van der Waals surface area contributed by atoms with Gasteiger partial charge >= 0.3 is 6.03 Å². The Labute approximate surface area is 180 Å². The minimum Gasteiger partial charge on any atom is -0.336 e. The molecule has 0 bridgehead atoms. The molecule has 0 radical (unpaired) electrons. The molecule has 2 amide bonds. The molecule has 0 unspecified atom stereocenters. The lowest BCUT2D eigenvalue weighted by atomic mass is 10.1. The molecular weight excluding hydrogens is 372 g/mol. The lowest BCUT2D eigenvalue weighted by Crippen LogP contribution is -2.44. The van der Waals surface area contributed by atoms with Gasteiger partial charge < -0.3 is 10.6 Å². The van der Waals surface area contributed by atoms with Crippen molar-refractivity contribution in [3.63, 3.8) is 0 Å². The van der Waals surface area contributed by atoms with Gasteiger partial charge in [-0.25, -0.2) is 4.79 Å². The van der Waals surface area contributed by atoms with Crippen LogP contribution in [-0.2, 0) is 0 Å². The second-order valence-corrected chi connectivity index (χ2v) is 8.43. The van der Waals surface area contributed by atoms with Crippen molar-refractivity contribution in [2.45, 2.75) is 37.8 Å². The number of amides is 2. The Morgan fingerprint density at radius 2 is 1.03 bits per heavy atom. The molecule has 0 aromatic heterocycles. The highest BCUT2D eigenvalue weighted by Gasteiger charge is 2.25.